The van der Waals surface area contributed by atoms with E-state index in [-0.39, 0.29) is 22.5 Å². The van der Waals surface area contributed by atoms with Gasteiger partial charge in [-0.05, 0) is 35.9 Å². The molecule has 32 heavy (non-hydrogen) atoms. The molecule has 3 aromatic carbocycles. The zero-order valence-electron chi connectivity index (χ0n) is 16.2. The van der Waals surface area contributed by atoms with Gasteiger partial charge in [-0.2, -0.15) is 0 Å². The van der Waals surface area contributed by atoms with E-state index in [2.05, 4.69) is 0 Å². The van der Waals surface area contributed by atoms with Crippen molar-refractivity contribution in [2.75, 3.05) is 4.90 Å². The van der Waals surface area contributed by atoms with Gasteiger partial charge in [0.25, 0.3) is 17.4 Å². The number of benzene rings is 3. The topological polar surface area (TPSA) is 101 Å². The summed E-state index contributed by atoms with van der Waals surface area (Å²) in [7, 11) is 0. The third-order valence-electron chi connectivity index (χ3n) is 5.05. The molecular formula is C23H14ClFN2O5. The lowest BCUT2D eigenvalue weighted by Gasteiger charge is -2.25. The molecule has 0 bridgehead atoms. The van der Waals surface area contributed by atoms with Gasteiger partial charge in [-0.15, -0.1) is 0 Å². The van der Waals surface area contributed by atoms with E-state index in [1.165, 1.54) is 36.4 Å². The fourth-order valence-electron chi connectivity index (χ4n) is 3.61. The Labute approximate surface area is 186 Å². The van der Waals surface area contributed by atoms with Gasteiger partial charge in [-0.25, -0.2) is 4.39 Å². The highest BCUT2D eigenvalue weighted by Crippen LogP contribution is 2.42. The largest absolute Gasteiger partial charge is 0.507 e. The molecule has 1 aliphatic rings. The maximum atomic E-state index is 13.9. The molecule has 1 aliphatic heterocycles. The number of rotatable bonds is 4. The Morgan fingerprint density at radius 2 is 1.72 bits per heavy atom. The Morgan fingerprint density at radius 1 is 1.03 bits per heavy atom. The lowest BCUT2D eigenvalue weighted by molar-refractivity contribution is -0.384. The highest BCUT2D eigenvalue weighted by Gasteiger charge is 2.47. The minimum atomic E-state index is -1.10. The Morgan fingerprint density at radius 3 is 2.38 bits per heavy atom. The number of aliphatic hydroxyl groups excluding tert-OH is 1. The highest BCUT2D eigenvalue weighted by atomic mass is 35.5. The fourth-order valence-corrected chi connectivity index (χ4v) is 3.73. The lowest BCUT2D eigenvalue weighted by Crippen LogP contribution is -2.29. The molecule has 1 fully saturated rings. The van der Waals surface area contributed by atoms with Gasteiger partial charge in [0.2, 0.25) is 0 Å². The van der Waals surface area contributed by atoms with Crippen LogP contribution in [0, 0.1) is 15.9 Å². The number of hydrogen-bond acceptors (Lipinski definition) is 5. The summed E-state index contributed by atoms with van der Waals surface area (Å²) in [5.74, 6) is -3.16. The van der Waals surface area contributed by atoms with Crippen molar-refractivity contribution in [3.8, 4) is 0 Å². The van der Waals surface area contributed by atoms with Crippen LogP contribution in [-0.4, -0.2) is 21.7 Å². The summed E-state index contributed by atoms with van der Waals surface area (Å²) in [5.41, 5.74) is -0.0241. The SMILES string of the molecule is O=C1C(=O)N(c2cccc(F)c2)C(c2ccc(Cl)cc2)/C1=C(/O)c1cccc([N+](=O)[O-])c1. The smallest absolute Gasteiger partial charge is 0.300 e. The summed E-state index contributed by atoms with van der Waals surface area (Å²) in [5, 5.41) is 22.5. The molecule has 1 heterocycles. The number of carbonyl (C=O) groups excluding carboxylic acids is 2. The average molecular weight is 453 g/mol. The van der Waals surface area contributed by atoms with Crippen LogP contribution in [-0.2, 0) is 9.59 Å². The Balaban J connectivity index is 1.95. The minimum Gasteiger partial charge on any atom is -0.507 e. The molecule has 0 aliphatic carbocycles. The van der Waals surface area contributed by atoms with Crippen LogP contribution in [0.25, 0.3) is 5.76 Å². The second-order valence-corrected chi connectivity index (χ2v) is 7.44. The van der Waals surface area contributed by atoms with E-state index in [0.717, 1.165) is 17.0 Å². The molecule has 0 radical (unpaired) electrons. The van der Waals surface area contributed by atoms with Crippen molar-refractivity contribution in [1.29, 1.82) is 0 Å². The molecule has 1 unspecified atom stereocenters. The van der Waals surface area contributed by atoms with Gasteiger partial charge in [0, 0.05) is 28.4 Å². The van der Waals surface area contributed by atoms with E-state index in [1.54, 1.807) is 24.3 Å². The first-order valence-corrected chi connectivity index (χ1v) is 9.72. The molecule has 0 spiro atoms. The van der Waals surface area contributed by atoms with Gasteiger partial charge in [-0.3, -0.25) is 24.6 Å². The third kappa shape index (κ3) is 3.72. The van der Waals surface area contributed by atoms with Crippen LogP contribution in [0.5, 0.6) is 0 Å². The van der Waals surface area contributed by atoms with E-state index in [0.29, 0.717) is 10.6 Å². The second kappa shape index (κ2) is 8.24. The van der Waals surface area contributed by atoms with E-state index in [4.69, 9.17) is 11.6 Å². The number of anilines is 1. The van der Waals surface area contributed by atoms with Crippen molar-refractivity contribution in [2.24, 2.45) is 0 Å². The van der Waals surface area contributed by atoms with Gasteiger partial charge < -0.3 is 5.11 Å². The molecule has 7 nitrogen and oxygen atoms in total. The minimum absolute atomic E-state index is 0.00425. The van der Waals surface area contributed by atoms with Gasteiger partial charge in [-0.1, -0.05) is 41.9 Å². The standard InChI is InChI=1S/C23H14ClFN2O5/c24-15-9-7-13(8-10-15)20-19(21(28)14-3-1-6-18(11-14)27(31)32)22(29)23(30)26(20)17-5-2-4-16(25)12-17/h1-12,20,28H/b21-19-. The number of ketones is 1. The molecule has 0 aromatic heterocycles. The van der Waals surface area contributed by atoms with Crippen molar-refractivity contribution in [2.45, 2.75) is 6.04 Å². The predicted octanol–water partition coefficient (Wildman–Crippen LogP) is 5.01. The van der Waals surface area contributed by atoms with Crippen LogP contribution in [0.1, 0.15) is 17.2 Å². The van der Waals surface area contributed by atoms with Crippen LogP contribution in [0.15, 0.2) is 78.4 Å². The summed E-state index contributed by atoms with van der Waals surface area (Å²) >= 11 is 5.97. The van der Waals surface area contributed by atoms with Crippen LogP contribution < -0.4 is 4.90 Å². The Hall–Kier alpha value is -4.04. The number of halogens is 2. The zero-order chi connectivity index (χ0) is 23.0. The molecule has 160 valence electrons. The van der Waals surface area contributed by atoms with Crippen molar-refractivity contribution < 1.29 is 24.0 Å². The molecule has 1 atom stereocenters. The monoisotopic (exact) mass is 452 g/mol. The Bertz CT molecular complexity index is 1290. The Kier molecular flexibility index (Phi) is 5.46. The third-order valence-corrected chi connectivity index (χ3v) is 5.30. The maximum absolute atomic E-state index is 13.9. The lowest BCUT2D eigenvalue weighted by atomic mass is 9.95. The normalized spacial score (nSPS) is 17.6. The number of hydrogen-bond donors (Lipinski definition) is 1. The average Bonchev–Trinajstić information content (AvgIpc) is 3.04. The van der Waals surface area contributed by atoms with Crippen LogP contribution in [0.2, 0.25) is 5.02 Å². The number of nitro benzene ring substituents is 1. The number of nitrogens with zero attached hydrogens (tertiary/aromatic N) is 2. The summed E-state index contributed by atoms with van der Waals surface area (Å²) < 4.78 is 13.9. The second-order valence-electron chi connectivity index (χ2n) is 7.01. The molecule has 1 amide bonds. The summed E-state index contributed by atoms with van der Waals surface area (Å²) in [6.45, 7) is 0. The maximum Gasteiger partial charge on any atom is 0.300 e. The van der Waals surface area contributed by atoms with Gasteiger partial charge in [0.15, 0.2) is 0 Å². The molecule has 3 aromatic rings. The quantitative estimate of drug-likeness (QED) is 0.197. The molecule has 9 heteroatoms. The number of amides is 1. The van der Waals surface area contributed by atoms with Gasteiger partial charge in [0.05, 0.1) is 16.5 Å². The fraction of sp³-hybridized carbons (Fsp3) is 0.0435. The van der Waals surface area contributed by atoms with Crippen molar-refractivity contribution in [3.05, 3.63) is 110 Å². The molecule has 4 rings (SSSR count). The number of carbonyl (C=O) groups is 2. The number of aliphatic hydroxyl groups is 1. The number of Topliss-reactive ketones (excluding diaryl/α,β-unsaturated/α-hetero) is 1. The summed E-state index contributed by atoms with van der Waals surface area (Å²) in [4.78, 5) is 37.5. The molecule has 1 N–H and O–H groups in total. The molecule has 0 saturated carbocycles. The first-order valence-electron chi connectivity index (χ1n) is 9.35. The van der Waals surface area contributed by atoms with Crippen LogP contribution in [0.4, 0.5) is 15.8 Å². The van der Waals surface area contributed by atoms with Crippen molar-refractivity contribution in [3.63, 3.8) is 0 Å². The first kappa shape index (κ1) is 21.2. The first-order chi connectivity index (χ1) is 15.3. The van der Waals surface area contributed by atoms with Gasteiger partial charge in [0.1, 0.15) is 11.6 Å². The summed E-state index contributed by atoms with van der Waals surface area (Å²) in [6, 6.07) is 15.4. The zero-order valence-corrected chi connectivity index (χ0v) is 17.0. The number of nitro groups is 1. The van der Waals surface area contributed by atoms with Crippen LogP contribution >= 0.6 is 11.6 Å². The molecular weight excluding hydrogens is 439 g/mol. The molecule has 1 saturated heterocycles. The number of non-ortho nitro benzene ring substituents is 1. The van der Waals surface area contributed by atoms with E-state index in [9.17, 15) is 29.2 Å². The highest BCUT2D eigenvalue weighted by molar-refractivity contribution is 6.51. The van der Waals surface area contributed by atoms with Crippen molar-refractivity contribution >= 4 is 40.4 Å². The van der Waals surface area contributed by atoms with Crippen molar-refractivity contribution in [1.82, 2.24) is 0 Å². The van der Waals surface area contributed by atoms with Gasteiger partial charge >= 0.3 is 0 Å². The van der Waals surface area contributed by atoms with E-state index < -0.39 is 34.2 Å². The summed E-state index contributed by atoms with van der Waals surface area (Å²) in [6.07, 6.45) is 0. The predicted molar refractivity (Wildman–Crippen MR) is 116 cm³/mol. The van der Waals surface area contributed by atoms with Crippen LogP contribution in [0.3, 0.4) is 0 Å². The van der Waals surface area contributed by atoms with E-state index in [1.807, 2.05) is 0 Å². The van der Waals surface area contributed by atoms with E-state index >= 15 is 0 Å².